The Morgan fingerprint density at radius 2 is 1.67 bits per heavy atom. The summed E-state index contributed by atoms with van der Waals surface area (Å²) in [6.07, 6.45) is 3.42. The predicted octanol–water partition coefficient (Wildman–Crippen LogP) is 2.75. The van der Waals surface area contributed by atoms with Gasteiger partial charge in [0.2, 0.25) is 0 Å². The zero-order valence-corrected chi connectivity index (χ0v) is 16.6. The molecule has 1 saturated heterocycles. The van der Waals surface area contributed by atoms with Crippen LogP contribution in [0.4, 0.5) is 10.5 Å². The van der Waals surface area contributed by atoms with Crippen molar-refractivity contribution >= 4 is 22.8 Å². The van der Waals surface area contributed by atoms with Gasteiger partial charge in [-0.1, -0.05) is 6.07 Å². The number of ether oxygens (including phenoxy) is 2. The molecule has 5 rings (SSSR count). The van der Waals surface area contributed by atoms with Crippen molar-refractivity contribution in [1.29, 1.82) is 0 Å². The first-order valence-corrected chi connectivity index (χ1v) is 10.1. The van der Waals surface area contributed by atoms with Crippen molar-refractivity contribution < 1.29 is 14.3 Å². The second kappa shape index (κ2) is 8.16. The number of aromatic nitrogens is 2. The first-order valence-electron chi connectivity index (χ1n) is 10.1. The molecule has 8 nitrogen and oxygen atoms in total. The number of fused-ring (bicyclic) bond motifs is 2. The summed E-state index contributed by atoms with van der Waals surface area (Å²) >= 11 is 0. The molecule has 2 amide bonds. The Labute approximate surface area is 174 Å². The number of hydrogen-bond acceptors (Lipinski definition) is 6. The van der Waals surface area contributed by atoms with Crippen LogP contribution in [-0.2, 0) is 6.54 Å². The summed E-state index contributed by atoms with van der Waals surface area (Å²) in [5, 5.41) is 2.96. The van der Waals surface area contributed by atoms with Crippen LogP contribution in [0.2, 0.25) is 0 Å². The Kier molecular flexibility index (Phi) is 5.06. The van der Waals surface area contributed by atoms with Crippen LogP contribution in [0.1, 0.15) is 5.56 Å². The number of piperazine rings is 1. The lowest BCUT2D eigenvalue weighted by molar-refractivity contribution is 0.143. The minimum atomic E-state index is -0.0905. The molecule has 0 radical (unpaired) electrons. The van der Waals surface area contributed by atoms with Crippen molar-refractivity contribution in [2.24, 2.45) is 0 Å². The van der Waals surface area contributed by atoms with E-state index in [0.29, 0.717) is 43.5 Å². The molecule has 2 aliphatic heterocycles. The zero-order chi connectivity index (χ0) is 20.3. The van der Waals surface area contributed by atoms with Gasteiger partial charge >= 0.3 is 6.03 Å². The van der Waals surface area contributed by atoms with E-state index in [-0.39, 0.29) is 6.03 Å². The van der Waals surface area contributed by atoms with Gasteiger partial charge in [-0.25, -0.2) is 4.79 Å². The molecule has 30 heavy (non-hydrogen) atoms. The van der Waals surface area contributed by atoms with E-state index < -0.39 is 0 Å². The van der Waals surface area contributed by atoms with Gasteiger partial charge in [-0.3, -0.25) is 14.9 Å². The number of rotatable bonds is 3. The molecule has 2 aromatic carbocycles. The highest BCUT2D eigenvalue weighted by Gasteiger charge is 2.22. The van der Waals surface area contributed by atoms with E-state index >= 15 is 0 Å². The standard InChI is InChI=1S/C22H23N5O3/c28-22(25-17-2-4-20-21(14-17)30-12-11-29-20)27-9-7-26(8-10-27)15-16-1-3-18-19(13-16)24-6-5-23-18/h1-6,13-14H,7-12,15H2,(H,25,28). The number of carbonyl (C=O) groups is 1. The molecule has 1 aromatic heterocycles. The predicted molar refractivity (Wildman–Crippen MR) is 113 cm³/mol. The number of nitrogens with one attached hydrogen (secondary N) is 1. The molecule has 3 aromatic rings. The molecule has 154 valence electrons. The van der Waals surface area contributed by atoms with E-state index in [1.165, 1.54) is 5.56 Å². The highest BCUT2D eigenvalue weighted by Crippen LogP contribution is 2.32. The van der Waals surface area contributed by atoms with Crippen LogP contribution in [0, 0.1) is 0 Å². The summed E-state index contributed by atoms with van der Waals surface area (Å²) in [6, 6.07) is 11.6. The van der Waals surface area contributed by atoms with Crippen LogP contribution in [0.3, 0.4) is 0 Å². The van der Waals surface area contributed by atoms with Gasteiger partial charge in [0.15, 0.2) is 11.5 Å². The fourth-order valence-electron chi connectivity index (χ4n) is 3.80. The van der Waals surface area contributed by atoms with E-state index in [1.54, 1.807) is 12.4 Å². The van der Waals surface area contributed by atoms with E-state index in [4.69, 9.17) is 9.47 Å². The third-order valence-corrected chi connectivity index (χ3v) is 5.39. The van der Waals surface area contributed by atoms with Gasteiger partial charge in [0.05, 0.1) is 11.0 Å². The van der Waals surface area contributed by atoms with E-state index in [0.717, 1.165) is 30.7 Å². The van der Waals surface area contributed by atoms with Gasteiger partial charge in [0.1, 0.15) is 13.2 Å². The molecule has 0 aliphatic carbocycles. The first-order chi connectivity index (χ1) is 14.7. The molecule has 8 heteroatoms. The molecular formula is C22H23N5O3. The summed E-state index contributed by atoms with van der Waals surface area (Å²) in [7, 11) is 0. The minimum Gasteiger partial charge on any atom is -0.486 e. The van der Waals surface area contributed by atoms with Gasteiger partial charge in [0, 0.05) is 56.9 Å². The Hall–Kier alpha value is -3.39. The van der Waals surface area contributed by atoms with E-state index in [9.17, 15) is 4.79 Å². The lowest BCUT2D eigenvalue weighted by atomic mass is 10.1. The average molecular weight is 405 g/mol. The molecule has 2 aliphatic rings. The second-order valence-corrected chi connectivity index (χ2v) is 7.43. The number of carbonyl (C=O) groups excluding carboxylic acids is 1. The number of urea groups is 1. The molecule has 1 fully saturated rings. The molecule has 0 atom stereocenters. The Morgan fingerprint density at radius 3 is 2.50 bits per heavy atom. The summed E-state index contributed by atoms with van der Waals surface area (Å²) in [6.45, 7) is 4.93. The lowest BCUT2D eigenvalue weighted by Crippen LogP contribution is -2.49. The van der Waals surface area contributed by atoms with Gasteiger partial charge in [-0.15, -0.1) is 0 Å². The van der Waals surface area contributed by atoms with Crippen molar-refractivity contribution in [1.82, 2.24) is 19.8 Å². The Bertz CT molecular complexity index is 1070. The largest absolute Gasteiger partial charge is 0.486 e. The van der Waals surface area contributed by atoms with Gasteiger partial charge in [-0.05, 0) is 29.8 Å². The van der Waals surface area contributed by atoms with Crippen LogP contribution in [0.15, 0.2) is 48.8 Å². The second-order valence-electron chi connectivity index (χ2n) is 7.43. The monoisotopic (exact) mass is 405 g/mol. The third-order valence-electron chi connectivity index (χ3n) is 5.39. The van der Waals surface area contributed by atoms with Crippen LogP contribution in [-0.4, -0.2) is 65.2 Å². The van der Waals surface area contributed by atoms with Crippen LogP contribution >= 0.6 is 0 Å². The number of anilines is 1. The summed E-state index contributed by atoms with van der Waals surface area (Å²) in [5.74, 6) is 1.39. The number of benzene rings is 2. The molecule has 0 saturated carbocycles. The first kappa shape index (κ1) is 18.6. The van der Waals surface area contributed by atoms with Gasteiger partial charge in [0.25, 0.3) is 0 Å². The highest BCUT2D eigenvalue weighted by molar-refractivity contribution is 5.89. The van der Waals surface area contributed by atoms with Crippen molar-refractivity contribution in [3.05, 3.63) is 54.4 Å². The molecule has 0 unspecified atom stereocenters. The van der Waals surface area contributed by atoms with Crippen molar-refractivity contribution in [3.63, 3.8) is 0 Å². The maximum Gasteiger partial charge on any atom is 0.321 e. The van der Waals surface area contributed by atoms with Crippen molar-refractivity contribution in [2.45, 2.75) is 6.54 Å². The zero-order valence-electron chi connectivity index (χ0n) is 16.6. The summed E-state index contributed by atoms with van der Waals surface area (Å²) in [5.41, 5.74) is 3.73. The van der Waals surface area contributed by atoms with Crippen LogP contribution in [0.5, 0.6) is 11.5 Å². The normalized spacial score (nSPS) is 16.5. The van der Waals surface area contributed by atoms with Crippen molar-refractivity contribution in [2.75, 3.05) is 44.7 Å². The highest BCUT2D eigenvalue weighted by atomic mass is 16.6. The van der Waals surface area contributed by atoms with Crippen LogP contribution < -0.4 is 14.8 Å². The maximum atomic E-state index is 12.7. The lowest BCUT2D eigenvalue weighted by Gasteiger charge is -2.34. The van der Waals surface area contributed by atoms with Crippen molar-refractivity contribution in [3.8, 4) is 11.5 Å². The Balaban J connectivity index is 1.16. The molecular weight excluding hydrogens is 382 g/mol. The average Bonchev–Trinajstić information content (AvgIpc) is 2.79. The fourth-order valence-corrected chi connectivity index (χ4v) is 3.80. The number of amides is 2. The topological polar surface area (TPSA) is 79.8 Å². The number of nitrogens with zero attached hydrogens (tertiary/aromatic N) is 4. The van der Waals surface area contributed by atoms with Gasteiger partial charge in [-0.2, -0.15) is 0 Å². The molecule has 0 spiro atoms. The maximum absolute atomic E-state index is 12.7. The summed E-state index contributed by atoms with van der Waals surface area (Å²) in [4.78, 5) is 25.5. The quantitative estimate of drug-likeness (QED) is 0.722. The molecule has 1 N–H and O–H groups in total. The molecule has 3 heterocycles. The summed E-state index contributed by atoms with van der Waals surface area (Å²) < 4.78 is 11.1. The molecule has 0 bridgehead atoms. The van der Waals surface area contributed by atoms with E-state index in [2.05, 4.69) is 32.3 Å². The third kappa shape index (κ3) is 3.99. The van der Waals surface area contributed by atoms with Gasteiger partial charge < -0.3 is 19.7 Å². The fraction of sp³-hybridized carbons (Fsp3) is 0.318. The number of hydrogen-bond donors (Lipinski definition) is 1. The minimum absolute atomic E-state index is 0.0905. The SMILES string of the molecule is O=C(Nc1ccc2c(c1)OCCO2)N1CCN(Cc2ccc3nccnc3c2)CC1. The van der Waals surface area contributed by atoms with Crippen LogP contribution in [0.25, 0.3) is 11.0 Å². The Morgan fingerprint density at radius 1 is 0.900 bits per heavy atom. The smallest absolute Gasteiger partial charge is 0.321 e. The van der Waals surface area contributed by atoms with E-state index in [1.807, 2.05) is 29.2 Å².